The summed E-state index contributed by atoms with van der Waals surface area (Å²) in [6.45, 7) is 6.46. The Hall–Kier alpha value is -2.01. The minimum atomic E-state index is -0.322. The fourth-order valence-corrected chi connectivity index (χ4v) is 3.18. The van der Waals surface area contributed by atoms with Gasteiger partial charge in [-0.15, -0.1) is 0 Å². The molecule has 1 saturated heterocycles. The van der Waals surface area contributed by atoms with Gasteiger partial charge in [0.25, 0.3) is 0 Å². The number of esters is 1. The van der Waals surface area contributed by atoms with Crippen molar-refractivity contribution in [1.82, 2.24) is 9.88 Å². The number of hydrogen-bond donors (Lipinski definition) is 1. The third-order valence-corrected chi connectivity index (χ3v) is 4.43. The van der Waals surface area contributed by atoms with Gasteiger partial charge in [-0.1, -0.05) is 6.42 Å². The van der Waals surface area contributed by atoms with Crippen LogP contribution in [-0.4, -0.2) is 48.7 Å². The summed E-state index contributed by atoms with van der Waals surface area (Å²) in [7, 11) is 0. The Morgan fingerprint density at radius 1 is 1.21 bits per heavy atom. The molecule has 0 bridgehead atoms. The number of aromatic nitrogens is 1. The van der Waals surface area contributed by atoms with Crippen LogP contribution in [0.3, 0.4) is 0 Å². The standard InChI is InChI=1S/C19H26N2O3/c1-2-23-19(22)18-13-15-7-8-16(14-17(15)20-18)24-12-6-11-21-9-4-3-5-10-21/h7-8,13-14,20H,2-6,9-12H2,1H3. The molecular formula is C19H26N2O3. The lowest BCUT2D eigenvalue weighted by Gasteiger charge is -2.26. The van der Waals surface area contributed by atoms with Gasteiger partial charge in [0.1, 0.15) is 11.4 Å². The number of rotatable bonds is 7. The lowest BCUT2D eigenvalue weighted by atomic mass is 10.1. The fourth-order valence-electron chi connectivity index (χ4n) is 3.18. The summed E-state index contributed by atoms with van der Waals surface area (Å²) in [5, 5.41) is 0.985. The van der Waals surface area contributed by atoms with Crippen molar-refractivity contribution in [2.24, 2.45) is 0 Å². The van der Waals surface area contributed by atoms with Crippen LogP contribution in [0.4, 0.5) is 0 Å². The number of H-pyrrole nitrogens is 1. The van der Waals surface area contributed by atoms with Crippen LogP contribution in [0.2, 0.25) is 0 Å². The second kappa shape index (κ2) is 8.20. The van der Waals surface area contributed by atoms with E-state index in [4.69, 9.17) is 9.47 Å². The maximum Gasteiger partial charge on any atom is 0.354 e. The molecule has 0 radical (unpaired) electrons. The molecule has 1 fully saturated rings. The van der Waals surface area contributed by atoms with E-state index in [0.29, 0.717) is 18.9 Å². The molecule has 1 aromatic carbocycles. The van der Waals surface area contributed by atoms with Crippen molar-refractivity contribution < 1.29 is 14.3 Å². The average Bonchev–Trinajstić information content (AvgIpc) is 3.03. The maximum atomic E-state index is 11.8. The van der Waals surface area contributed by atoms with Crippen LogP contribution in [-0.2, 0) is 4.74 Å². The first-order chi connectivity index (χ1) is 11.8. The number of carbonyl (C=O) groups excluding carboxylic acids is 1. The summed E-state index contributed by atoms with van der Waals surface area (Å²) < 4.78 is 10.9. The normalized spacial score (nSPS) is 15.5. The maximum absolute atomic E-state index is 11.8. The molecule has 1 aliphatic rings. The molecule has 5 nitrogen and oxygen atoms in total. The van der Waals surface area contributed by atoms with E-state index in [1.54, 1.807) is 6.92 Å². The SMILES string of the molecule is CCOC(=O)c1cc2ccc(OCCCN3CCCCC3)cc2[nH]1. The molecule has 0 atom stereocenters. The minimum Gasteiger partial charge on any atom is -0.493 e. The van der Waals surface area contributed by atoms with E-state index in [1.807, 2.05) is 24.3 Å². The Balaban J connectivity index is 1.52. The Morgan fingerprint density at radius 2 is 2.04 bits per heavy atom. The van der Waals surface area contributed by atoms with Crippen LogP contribution in [0.5, 0.6) is 5.75 Å². The summed E-state index contributed by atoms with van der Waals surface area (Å²) in [6, 6.07) is 7.67. The lowest BCUT2D eigenvalue weighted by Crippen LogP contribution is -2.31. The molecule has 130 valence electrons. The molecule has 0 saturated carbocycles. The van der Waals surface area contributed by atoms with Gasteiger partial charge in [0, 0.05) is 23.5 Å². The number of piperidine rings is 1. The van der Waals surface area contributed by atoms with Gasteiger partial charge in [0.05, 0.1) is 13.2 Å². The first-order valence-corrected chi connectivity index (χ1v) is 8.91. The van der Waals surface area contributed by atoms with Gasteiger partial charge in [-0.3, -0.25) is 0 Å². The number of nitrogens with zero attached hydrogens (tertiary/aromatic N) is 1. The Kier molecular flexibility index (Phi) is 5.75. The summed E-state index contributed by atoms with van der Waals surface area (Å²) in [5.41, 5.74) is 1.38. The largest absolute Gasteiger partial charge is 0.493 e. The van der Waals surface area contributed by atoms with E-state index >= 15 is 0 Å². The van der Waals surface area contributed by atoms with Gasteiger partial charge >= 0.3 is 5.97 Å². The molecular weight excluding hydrogens is 304 g/mol. The van der Waals surface area contributed by atoms with Crippen molar-refractivity contribution in [3.63, 3.8) is 0 Å². The molecule has 1 aromatic heterocycles. The Labute approximate surface area is 142 Å². The molecule has 5 heteroatoms. The molecule has 0 aliphatic carbocycles. The highest BCUT2D eigenvalue weighted by Crippen LogP contribution is 2.22. The topological polar surface area (TPSA) is 54.6 Å². The molecule has 0 amide bonds. The van der Waals surface area contributed by atoms with Crippen molar-refractivity contribution in [2.75, 3.05) is 32.8 Å². The number of hydrogen-bond acceptors (Lipinski definition) is 4. The van der Waals surface area contributed by atoms with Crippen LogP contribution in [0.15, 0.2) is 24.3 Å². The Morgan fingerprint density at radius 3 is 2.83 bits per heavy atom. The molecule has 1 aliphatic heterocycles. The number of nitrogens with one attached hydrogen (secondary N) is 1. The van der Waals surface area contributed by atoms with E-state index in [1.165, 1.54) is 32.4 Å². The summed E-state index contributed by atoms with van der Waals surface area (Å²) in [6.07, 6.45) is 5.06. The van der Waals surface area contributed by atoms with Crippen LogP contribution in [0.1, 0.15) is 43.1 Å². The van der Waals surface area contributed by atoms with Gasteiger partial charge in [-0.2, -0.15) is 0 Å². The van der Waals surface area contributed by atoms with Crippen molar-refractivity contribution in [1.29, 1.82) is 0 Å². The van der Waals surface area contributed by atoms with Crippen LogP contribution in [0.25, 0.3) is 10.9 Å². The number of likely N-dealkylation sites (tertiary alicyclic amines) is 1. The lowest BCUT2D eigenvalue weighted by molar-refractivity contribution is 0.0520. The number of ether oxygens (including phenoxy) is 2. The van der Waals surface area contributed by atoms with E-state index in [-0.39, 0.29) is 5.97 Å². The predicted molar refractivity (Wildman–Crippen MR) is 94.7 cm³/mol. The molecule has 0 unspecified atom stereocenters. The Bertz CT molecular complexity index is 674. The van der Waals surface area contributed by atoms with E-state index in [2.05, 4.69) is 9.88 Å². The first-order valence-electron chi connectivity index (χ1n) is 8.91. The average molecular weight is 330 g/mol. The monoisotopic (exact) mass is 330 g/mol. The third-order valence-electron chi connectivity index (χ3n) is 4.43. The quantitative estimate of drug-likeness (QED) is 0.622. The summed E-state index contributed by atoms with van der Waals surface area (Å²) >= 11 is 0. The number of carbonyl (C=O) groups is 1. The fraction of sp³-hybridized carbons (Fsp3) is 0.526. The second-order valence-corrected chi connectivity index (χ2v) is 6.26. The highest BCUT2D eigenvalue weighted by atomic mass is 16.5. The number of benzene rings is 1. The van der Waals surface area contributed by atoms with Gasteiger partial charge in [0.15, 0.2) is 0 Å². The van der Waals surface area contributed by atoms with Crippen molar-refractivity contribution in [3.8, 4) is 5.75 Å². The highest BCUT2D eigenvalue weighted by molar-refractivity contribution is 5.95. The highest BCUT2D eigenvalue weighted by Gasteiger charge is 2.11. The molecule has 3 rings (SSSR count). The molecule has 24 heavy (non-hydrogen) atoms. The van der Waals surface area contributed by atoms with Gasteiger partial charge in [-0.25, -0.2) is 4.79 Å². The zero-order valence-electron chi connectivity index (χ0n) is 14.3. The predicted octanol–water partition coefficient (Wildman–Crippen LogP) is 3.60. The zero-order chi connectivity index (χ0) is 16.8. The van der Waals surface area contributed by atoms with Crippen LogP contribution >= 0.6 is 0 Å². The number of fused-ring (bicyclic) bond motifs is 1. The van der Waals surface area contributed by atoms with E-state index in [0.717, 1.165) is 29.6 Å². The van der Waals surface area contributed by atoms with Gasteiger partial charge in [0.2, 0.25) is 0 Å². The van der Waals surface area contributed by atoms with Gasteiger partial charge in [-0.05, 0) is 57.5 Å². The summed E-state index contributed by atoms with van der Waals surface area (Å²) in [5.74, 6) is 0.510. The first kappa shape index (κ1) is 16.8. The molecule has 0 spiro atoms. The van der Waals surface area contributed by atoms with Gasteiger partial charge < -0.3 is 19.4 Å². The third kappa shape index (κ3) is 4.29. The molecule has 2 aromatic rings. The van der Waals surface area contributed by atoms with Crippen LogP contribution in [0, 0.1) is 0 Å². The van der Waals surface area contributed by atoms with Crippen molar-refractivity contribution in [3.05, 3.63) is 30.0 Å². The smallest absolute Gasteiger partial charge is 0.354 e. The van der Waals surface area contributed by atoms with E-state index < -0.39 is 0 Å². The molecule has 1 N–H and O–H groups in total. The minimum absolute atomic E-state index is 0.322. The second-order valence-electron chi connectivity index (χ2n) is 6.26. The van der Waals surface area contributed by atoms with Crippen LogP contribution < -0.4 is 4.74 Å². The van der Waals surface area contributed by atoms with Crippen molar-refractivity contribution in [2.45, 2.75) is 32.6 Å². The zero-order valence-corrected chi connectivity index (χ0v) is 14.3. The van der Waals surface area contributed by atoms with E-state index in [9.17, 15) is 4.79 Å². The summed E-state index contributed by atoms with van der Waals surface area (Å²) in [4.78, 5) is 17.4. The number of aromatic amines is 1. The molecule has 2 heterocycles. The van der Waals surface area contributed by atoms with Crippen molar-refractivity contribution >= 4 is 16.9 Å².